The first-order valence-electron chi connectivity index (χ1n) is 19.2. The van der Waals surface area contributed by atoms with Crippen LogP contribution >= 0.6 is 0 Å². The Labute approximate surface area is 326 Å². The third-order valence-electron chi connectivity index (χ3n) is 11.3. The van der Waals surface area contributed by atoms with Crippen LogP contribution in [-0.2, 0) is 20.6 Å². The van der Waals surface area contributed by atoms with Gasteiger partial charge in [0.15, 0.2) is 6.29 Å². The molecule has 4 aliphatic rings. The lowest BCUT2D eigenvalue weighted by Crippen LogP contribution is -2.54. The number of benzene rings is 2. The van der Waals surface area contributed by atoms with Gasteiger partial charge in [-0.2, -0.15) is 4.98 Å². The van der Waals surface area contributed by atoms with E-state index in [-0.39, 0.29) is 53.6 Å². The fraction of sp³-hybridized carbons (Fsp3) is 0.425. The van der Waals surface area contributed by atoms with Gasteiger partial charge in [-0.15, -0.1) is 0 Å². The normalized spacial score (nSPS) is 20.4. The molecule has 292 valence electrons. The fourth-order valence-electron chi connectivity index (χ4n) is 8.09. The molecule has 0 radical (unpaired) electrons. The second-order valence-corrected chi connectivity index (χ2v) is 16.4. The summed E-state index contributed by atoms with van der Waals surface area (Å²) in [7, 11) is 0.165. The highest BCUT2D eigenvalue weighted by Gasteiger charge is 2.34. The number of rotatable bonds is 11. The van der Waals surface area contributed by atoms with Crippen LogP contribution in [-0.4, -0.2) is 103 Å². The van der Waals surface area contributed by atoms with Crippen molar-refractivity contribution in [1.82, 2.24) is 29.1 Å². The summed E-state index contributed by atoms with van der Waals surface area (Å²) in [4.78, 5) is 75.1. The zero-order chi connectivity index (χ0) is 38.9. The summed E-state index contributed by atoms with van der Waals surface area (Å²) in [6.45, 7) is 2.42. The molecule has 3 aliphatic heterocycles. The van der Waals surface area contributed by atoms with Gasteiger partial charge in [-0.1, -0.05) is 12.8 Å². The predicted octanol–water partition coefficient (Wildman–Crippen LogP) is 3.46. The Morgan fingerprint density at radius 2 is 1.73 bits per heavy atom. The SMILES string of the molecule is CN(C(=O)c1ccc(N2CC(Oc3ccc(S(=O)N4CCC(Nc5ncc6ccc(=O)n(C7CCCC7)c6n5)CC4)cc3)C2)cc1C=O)C1CCC(=O)NC1=O. The highest BCUT2D eigenvalue weighted by atomic mass is 32.2. The number of anilines is 2. The standard InChI is InChI=1S/C40H44N8O7S/c1-45(34-13-14-35(50)43-38(34)52)39(53)33-12-7-29(20-26(33)24-49)46-22-31(23-46)55-30-8-10-32(11-9-30)56(54)47-18-16-27(17-19-47)42-40-41-21-25-6-15-36(51)48(37(25)44-40)28-4-2-3-5-28/h6-12,15,20-21,24,27-28,31,34H,2-5,13-14,16-19,22-23H2,1H3,(H,41,42,44)(H,43,50,52). The number of aldehydes is 1. The van der Waals surface area contributed by atoms with Crippen LogP contribution in [0, 0.1) is 0 Å². The molecule has 2 unspecified atom stereocenters. The largest absolute Gasteiger partial charge is 0.487 e. The van der Waals surface area contributed by atoms with E-state index >= 15 is 0 Å². The smallest absolute Gasteiger partial charge is 0.255 e. The molecule has 4 fully saturated rings. The van der Waals surface area contributed by atoms with Gasteiger partial charge in [-0.3, -0.25) is 33.9 Å². The lowest BCUT2D eigenvalue weighted by atomic mass is 10.0. The van der Waals surface area contributed by atoms with Gasteiger partial charge in [0.25, 0.3) is 11.5 Å². The Morgan fingerprint density at radius 1 is 0.982 bits per heavy atom. The number of amides is 3. The Balaban J connectivity index is 0.813. The molecule has 4 aromatic rings. The first kappa shape index (κ1) is 37.4. The summed E-state index contributed by atoms with van der Waals surface area (Å²) in [5.74, 6) is -0.187. The van der Waals surface area contributed by atoms with Crippen LogP contribution in [0.5, 0.6) is 5.75 Å². The van der Waals surface area contributed by atoms with Crippen LogP contribution in [0.25, 0.3) is 11.0 Å². The molecule has 0 spiro atoms. The number of carbonyl (C=O) groups is 4. The van der Waals surface area contributed by atoms with E-state index in [2.05, 4.69) is 15.6 Å². The van der Waals surface area contributed by atoms with Crippen molar-refractivity contribution in [3.8, 4) is 5.75 Å². The van der Waals surface area contributed by atoms with Crippen molar-refractivity contribution in [2.75, 3.05) is 43.4 Å². The van der Waals surface area contributed by atoms with Crippen LogP contribution in [0.2, 0.25) is 0 Å². The van der Waals surface area contributed by atoms with Crippen molar-refractivity contribution in [2.45, 2.75) is 80.5 Å². The van der Waals surface area contributed by atoms with E-state index in [1.54, 1.807) is 36.5 Å². The molecular formula is C40H44N8O7S. The van der Waals surface area contributed by atoms with Crippen molar-refractivity contribution in [3.63, 3.8) is 0 Å². The first-order chi connectivity index (χ1) is 27.1. The summed E-state index contributed by atoms with van der Waals surface area (Å²) < 4.78 is 23.5. The number of likely N-dealkylation sites (N-methyl/N-ethyl adjacent to an activating group) is 1. The van der Waals surface area contributed by atoms with E-state index in [9.17, 15) is 28.2 Å². The van der Waals surface area contributed by atoms with Gasteiger partial charge in [0.05, 0.1) is 23.5 Å². The van der Waals surface area contributed by atoms with E-state index < -0.39 is 28.8 Å². The molecule has 15 nitrogen and oxygen atoms in total. The molecule has 16 heteroatoms. The lowest BCUT2D eigenvalue weighted by molar-refractivity contribution is -0.136. The summed E-state index contributed by atoms with van der Waals surface area (Å²) in [5, 5.41) is 6.57. The molecule has 2 atom stereocenters. The fourth-order valence-corrected chi connectivity index (χ4v) is 9.30. The first-order valence-corrected chi connectivity index (χ1v) is 20.3. The molecule has 8 rings (SSSR count). The second-order valence-electron chi connectivity index (χ2n) is 14.9. The van der Waals surface area contributed by atoms with Crippen molar-refractivity contribution in [2.24, 2.45) is 0 Å². The van der Waals surface area contributed by atoms with Crippen molar-refractivity contribution in [3.05, 3.63) is 82.3 Å². The van der Waals surface area contributed by atoms with Gasteiger partial charge >= 0.3 is 0 Å². The van der Waals surface area contributed by atoms with Gasteiger partial charge in [0.2, 0.25) is 17.8 Å². The number of piperidine rings is 2. The molecule has 3 saturated heterocycles. The lowest BCUT2D eigenvalue weighted by Gasteiger charge is -2.41. The molecule has 2 aromatic carbocycles. The van der Waals surface area contributed by atoms with Crippen LogP contribution in [0.4, 0.5) is 11.6 Å². The molecule has 0 bridgehead atoms. The second kappa shape index (κ2) is 15.9. The van der Waals surface area contributed by atoms with E-state index in [0.717, 1.165) is 49.6 Å². The molecule has 1 aliphatic carbocycles. The summed E-state index contributed by atoms with van der Waals surface area (Å²) in [6.07, 6.45) is 8.43. The topological polar surface area (TPSA) is 176 Å². The maximum absolute atomic E-state index is 13.5. The van der Waals surface area contributed by atoms with Gasteiger partial charge in [-0.05, 0) is 80.6 Å². The third kappa shape index (κ3) is 7.67. The van der Waals surface area contributed by atoms with Gasteiger partial charge in [0, 0.05) is 67.5 Å². The van der Waals surface area contributed by atoms with Crippen molar-refractivity contribution >= 4 is 57.7 Å². The minimum atomic E-state index is -1.33. The molecular weight excluding hydrogens is 737 g/mol. The Bertz CT molecular complexity index is 2250. The number of pyridine rings is 1. The number of aromatic nitrogens is 3. The van der Waals surface area contributed by atoms with Gasteiger partial charge in [-0.25, -0.2) is 13.5 Å². The molecule has 2 aromatic heterocycles. The molecule has 1 saturated carbocycles. The molecule has 5 heterocycles. The monoisotopic (exact) mass is 780 g/mol. The summed E-state index contributed by atoms with van der Waals surface area (Å²) in [6, 6.07) is 15.2. The highest BCUT2D eigenvalue weighted by Crippen LogP contribution is 2.31. The number of nitrogens with one attached hydrogen (secondary N) is 2. The quantitative estimate of drug-likeness (QED) is 0.168. The number of hydrogen-bond acceptors (Lipinski definition) is 11. The van der Waals surface area contributed by atoms with E-state index in [1.165, 1.54) is 11.9 Å². The van der Waals surface area contributed by atoms with E-state index in [1.807, 2.05) is 38.0 Å². The maximum Gasteiger partial charge on any atom is 0.255 e. The van der Waals surface area contributed by atoms with Crippen LogP contribution in [0.3, 0.4) is 0 Å². The third-order valence-corrected chi connectivity index (χ3v) is 12.8. The number of ether oxygens (including phenoxy) is 1. The zero-order valence-corrected chi connectivity index (χ0v) is 31.9. The minimum Gasteiger partial charge on any atom is -0.487 e. The molecule has 56 heavy (non-hydrogen) atoms. The Kier molecular flexibility index (Phi) is 10.7. The number of hydrogen-bond donors (Lipinski definition) is 2. The van der Waals surface area contributed by atoms with E-state index in [0.29, 0.717) is 54.7 Å². The number of carbonyl (C=O) groups excluding carboxylic acids is 4. The Morgan fingerprint density at radius 3 is 2.45 bits per heavy atom. The highest BCUT2D eigenvalue weighted by molar-refractivity contribution is 7.82. The Hall–Kier alpha value is -5.48. The molecule has 3 amide bonds. The summed E-state index contributed by atoms with van der Waals surface area (Å²) >= 11 is 0. The van der Waals surface area contributed by atoms with Crippen molar-refractivity contribution in [1.29, 1.82) is 0 Å². The molecule has 2 N–H and O–H groups in total. The van der Waals surface area contributed by atoms with Crippen LogP contribution in [0.15, 0.2) is 70.5 Å². The predicted molar refractivity (Wildman–Crippen MR) is 209 cm³/mol. The number of fused-ring (bicyclic) bond motifs is 1. The van der Waals surface area contributed by atoms with Gasteiger partial charge in [0.1, 0.15) is 34.5 Å². The minimum absolute atomic E-state index is 0.0243. The van der Waals surface area contributed by atoms with Crippen LogP contribution < -0.4 is 25.8 Å². The number of imide groups is 1. The van der Waals surface area contributed by atoms with Crippen molar-refractivity contribution < 1.29 is 28.1 Å². The average molecular weight is 781 g/mol. The van der Waals surface area contributed by atoms with Gasteiger partial charge < -0.3 is 19.9 Å². The zero-order valence-electron chi connectivity index (χ0n) is 31.1. The average Bonchev–Trinajstić information content (AvgIpc) is 3.73. The number of nitrogens with zero attached hydrogens (tertiary/aromatic N) is 6. The van der Waals surface area contributed by atoms with E-state index in [4.69, 9.17) is 9.72 Å². The maximum atomic E-state index is 13.5. The summed E-state index contributed by atoms with van der Waals surface area (Å²) in [5.41, 5.74) is 1.82. The van der Waals surface area contributed by atoms with Crippen LogP contribution in [0.1, 0.15) is 78.1 Å².